The van der Waals surface area contributed by atoms with E-state index in [-0.39, 0.29) is 0 Å². The maximum Gasteiger partial charge on any atom is 0.118 e. The van der Waals surface area contributed by atoms with Crippen molar-refractivity contribution in [3.63, 3.8) is 0 Å². The minimum Gasteiger partial charge on any atom is -0.508 e. The molecule has 0 saturated heterocycles. The third kappa shape index (κ3) is 4.93. The lowest BCUT2D eigenvalue weighted by molar-refractivity contribution is 0.470. The van der Waals surface area contributed by atoms with Gasteiger partial charge in [0.05, 0.1) is 0 Å². The molecule has 0 aliphatic carbocycles. The second-order valence-electron chi connectivity index (χ2n) is 6.29. The standard InChI is InChI=1S/C20H26O/c1-15-4-8-18(9-5-15)10-6-16(2)7-11-19-12-13-20(21)17(3)14-19/h4-5,8-9,12-14,16,21H,6-7,10-11H2,1-3H3. The Hall–Kier alpha value is -1.76. The van der Waals surface area contributed by atoms with Gasteiger partial charge in [-0.2, -0.15) is 0 Å². The van der Waals surface area contributed by atoms with Gasteiger partial charge in [-0.1, -0.05) is 48.9 Å². The van der Waals surface area contributed by atoms with Crippen molar-refractivity contribution in [2.75, 3.05) is 0 Å². The second-order valence-corrected chi connectivity index (χ2v) is 6.29. The van der Waals surface area contributed by atoms with Crippen molar-refractivity contribution < 1.29 is 5.11 Å². The van der Waals surface area contributed by atoms with E-state index in [2.05, 4.69) is 44.2 Å². The van der Waals surface area contributed by atoms with Gasteiger partial charge in [0.1, 0.15) is 5.75 Å². The summed E-state index contributed by atoms with van der Waals surface area (Å²) < 4.78 is 0. The van der Waals surface area contributed by atoms with Crippen molar-refractivity contribution in [3.05, 3.63) is 64.7 Å². The number of benzene rings is 2. The van der Waals surface area contributed by atoms with E-state index in [0.717, 1.165) is 24.3 Å². The fourth-order valence-corrected chi connectivity index (χ4v) is 2.60. The van der Waals surface area contributed by atoms with Crippen LogP contribution in [0.2, 0.25) is 0 Å². The van der Waals surface area contributed by atoms with Gasteiger partial charge in [-0.05, 0) is 68.2 Å². The van der Waals surface area contributed by atoms with Crippen molar-refractivity contribution in [2.24, 2.45) is 5.92 Å². The largest absolute Gasteiger partial charge is 0.508 e. The van der Waals surface area contributed by atoms with Gasteiger partial charge in [0, 0.05) is 0 Å². The molecule has 0 fully saturated rings. The summed E-state index contributed by atoms with van der Waals surface area (Å²) in [6, 6.07) is 14.8. The fraction of sp³-hybridized carbons (Fsp3) is 0.400. The normalized spacial score (nSPS) is 12.3. The topological polar surface area (TPSA) is 20.2 Å². The molecule has 1 heteroatoms. The van der Waals surface area contributed by atoms with Crippen LogP contribution >= 0.6 is 0 Å². The molecule has 0 aliphatic rings. The lowest BCUT2D eigenvalue weighted by Crippen LogP contribution is -2.00. The molecule has 0 spiro atoms. The highest BCUT2D eigenvalue weighted by atomic mass is 16.3. The minimum absolute atomic E-state index is 0.395. The van der Waals surface area contributed by atoms with Crippen LogP contribution in [0, 0.1) is 19.8 Å². The van der Waals surface area contributed by atoms with Gasteiger partial charge in [0.15, 0.2) is 0 Å². The van der Waals surface area contributed by atoms with Crippen molar-refractivity contribution in [3.8, 4) is 5.75 Å². The summed E-state index contributed by atoms with van der Waals surface area (Å²) in [6.07, 6.45) is 4.70. The number of phenols is 1. The van der Waals surface area contributed by atoms with E-state index in [1.165, 1.54) is 29.5 Å². The zero-order chi connectivity index (χ0) is 15.2. The Morgan fingerprint density at radius 1 is 0.857 bits per heavy atom. The zero-order valence-electron chi connectivity index (χ0n) is 13.4. The van der Waals surface area contributed by atoms with Gasteiger partial charge in [-0.25, -0.2) is 0 Å². The summed E-state index contributed by atoms with van der Waals surface area (Å²) >= 11 is 0. The number of hydrogen-bond donors (Lipinski definition) is 1. The fourth-order valence-electron chi connectivity index (χ4n) is 2.60. The Morgan fingerprint density at radius 3 is 2.05 bits per heavy atom. The maximum atomic E-state index is 9.55. The minimum atomic E-state index is 0.395. The molecule has 0 aliphatic heterocycles. The Balaban J connectivity index is 1.77. The van der Waals surface area contributed by atoms with Crippen LogP contribution in [0.25, 0.3) is 0 Å². The van der Waals surface area contributed by atoms with E-state index in [1.807, 2.05) is 19.1 Å². The van der Waals surface area contributed by atoms with Crippen LogP contribution in [0.3, 0.4) is 0 Å². The number of hydrogen-bond acceptors (Lipinski definition) is 1. The van der Waals surface area contributed by atoms with Crippen molar-refractivity contribution in [1.82, 2.24) is 0 Å². The number of aryl methyl sites for hydroxylation is 4. The van der Waals surface area contributed by atoms with Crippen LogP contribution in [-0.2, 0) is 12.8 Å². The average Bonchev–Trinajstić information content (AvgIpc) is 2.48. The van der Waals surface area contributed by atoms with Gasteiger partial charge in [0.25, 0.3) is 0 Å². The second kappa shape index (κ2) is 7.31. The van der Waals surface area contributed by atoms with Crippen LogP contribution in [0.1, 0.15) is 42.0 Å². The summed E-state index contributed by atoms with van der Waals surface area (Å²) in [5, 5.41) is 9.55. The van der Waals surface area contributed by atoms with Crippen LogP contribution < -0.4 is 0 Å². The summed E-state index contributed by atoms with van der Waals surface area (Å²) in [5.41, 5.74) is 5.06. The van der Waals surface area contributed by atoms with E-state index >= 15 is 0 Å². The van der Waals surface area contributed by atoms with Crippen LogP contribution in [-0.4, -0.2) is 5.11 Å². The summed E-state index contributed by atoms with van der Waals surface area (Å²) in [4.78, 5) is 0. The van der Waals surface area contributed by atoms with Crippen molar-refractivity contribution in [1.29, 1.82) is 0 Å². The SMILES string of the molecule is Cc1ccc(CCC(C)CCc2ccc(O)c(C)c2)cc1. The molecule has 1 unspecified atom stereocenters. The van der Waals surface area contributed by atoms with Crippen LogP contribution in [0.4, 0.5) is 0 Å². The Morgan fingerprint density at radius 2 is 1.43 bits per heavy atom. The lowest BCUT2D eigenvalue weighted by atomic mass is 9.94. The van der Waals surface area contributed by atoms with Crippen LogP contribution in [0.5, 0.6) is 5.75 Å². The summed E-state index contributed by atoms with van der Waals surface area (Å²) in [5.74, 6) is 1.12. The molecule has 1 nitrogen and oxygen atoms in total. The van der Waals surface area contributed by atoms with Gasteiger partial charge < -0.3 is 5.11 Å². The van der Waals surface area contributed by atoms with E-state index in [4.69, 9.17) is 0 Å². The molecular formula is C20H26O. The van der Waals surface area contributed by atoms with E-state index in [9.17, 15) is 5.11 Å². The van der Waals surface area contributed by atoms with Gasteiger partial charge in [-0.3, -0.25) is 0 Å². The molecule has 0 amide bonds. The lowest BCUT2D eigenvalue weighted by Gasteiger charge is -2.12. The molecule has 0 bridgehead atoms. The third-order valence-corrected chi connectivity index (χ3v) is 4.23. The quantitative estimate of drug-likeness (QED) is 0.771. The van der Waals surface area contributed by atoms with E-state index < -0.39 is 0 Å². The Labute approximate surface area is 128 Å². The highest BCUT2D eigenvalue weighted by Crippen LogP contribution is 2.20. The first-order valence-electron chi connectivity index (χ1n) is 7.88. The summed E-state index contributed by atoms with van der Waals surface area (Å²) in [7, 11) is 0. The molecule has 1 atom stereocenters. The molecular weight excluding hydrogens is 256 g/mol. The molecule has 0 aromatic heterocycles. The predicted octanol–water partition coefficient (Wildman–Crippen LogP) is 5.21. The molecule has 21 heavy (non-hydrogen) atoms. The molecule has 2 rings (SSSR count). The molecule has 0 saturated carbocycles. The maximum absolute atomic E-state index is 9.55. The third-order valence-electron chi connectivity index (χ3n) is 4.23. The number of rotatable bonds is 6. The molecule has 2 aromatic rings. The number of phenolic OH excluding ortho intramolecular Hbond substituents is 1. The molecule has 1 N–H and O–H groups in total. The van der Waals surface area contributed by atoms with E-state index in [1.54, 1.807) is 0 Å². The molecule has 2 aromatic carbocycles. The van der Waals surface area contributed by atoms with E-state index in [0.29, 0.717) is 5.75 Å². The van der Waals surface area contributed by atoms with Crippen molar-refractivity contribution >= 4 is 0 Å². The van der Waals surface area contributed by atoms with Gasteiger partial charge in [-0.15, -0.1) is 0 Å². The molecule has 0 heterocycles. The zero-order valence-corrected chi connectivity index (χ0v) is 13.4. The summed E-state index contributed by atoms with van der Waals surface area (Å²) in [6.45, 7) is 6.42. The monoisotopic (exact) mass is 282 g/mol. The number of aromatic hydroxyl groups is 1. The first kappa shape index (κ1) is 15.6. The molecule has 112 valence electrons. The molecule has 0 radical (unpaired) electrons. The first-order valence-corrected chi connectivity index (χ1v) is 7.88. The average molecular weight is 282 g/mol. The Kier molecular flexibility index (Phi) is 5.44. The highest BCUT2D eigenvalue weighted by Gasteiger charge is 2.05. The van der Waals surface area contributed by atoms with Gasteiger partial charge in [0.2, 0.25) is 0 Å². The van der Waals surface area contributed by atoms with Gasteiger partial charge >= 0.3 is 0 Å². The highest BCUT2D eigenvalue weighted by molar-refractivity contribution is 5.34. The van der Waals surface area contributed by atoms with Crippen LogP contribution in [0.15, 0.2) is 42.5 Å². The first-order chi connectivity index (χ1) is 10.0. The Bertz CT molecular complexity index is 569. The van der Waals surface area contributed by atoms with Crippen molar-refractivity contribution in [2.45, 2.75) is 46.5 Å². The smallest absolute Gasteiger partial charge is 0.118 e. The predicted molar refractivity (Wildman–Crippen MR) is 89.8 cm³/mol.